The molecule has 1 unspecified atom stereocenters. The lowest BCUT2D eigenvalue weighted by Crippen LogP contribution is -2.37. The minimum absolute atomic E-state index is 0.0696. The molecule has 0 spiro atoms. The molecular formula is C15H22FNO2. The van der Waals surface area contributed by atoms with Gasteiger partial charge in [-0.3, -0.25) is 4.90 Å². The van der Waals surface area contributed by atoms with E-state index in [1.807, 2.05) is 0 Å². The predicted octanol–water partition coefficient (Wildman–Crippen LogP) is 2.22. The lowest BCUT2D eigenvalue weighted by atomic mass is 10.1. The number of ether oxygens (including phenoxy) is 1. The molecule has 1 aromatic carbocycles. The first-order valence-corrected chi connectivity index (χ1v) is 7.01. The van der Waals surface area contributed by atoms with Gasteiger partial charge in [0.1, 0.15) is 17.7 Å². The first-order valence-electron chi connectivity index (χ1n) is 7.01. The fraction of sp³-hybridized carbons (Fsp3) is 0.600. The highest BCUT2D eigenvalue weighted by Crippen LogP contribution is 2.29. The van der Waals surface area contributed by atoms with E-state index in [0.29, 0.717) is 6.54 Å². The Morgan fingerprint density at radius 3 is 3.00 bits per heavy atom. The van der Waals surface area contributed by atoms with Crippen LogP contribution < -0.4 is 4.74 Å². The minimum Gasteiger partial charge on any atom is -0.488 e. The average molecular weight is 267 g/mol. The molecule has 0 fully saturated rings. The summed E-state index contributed by atoms with van der Waals surface area (Å²) >= 11 is 0. The lowest BCUT2D eigenvalue weighted by molar-refractivity contribution is 0.128. The Labute approximate surface area is 114 Å². The summed E-state index contributed by atoms with van der Waals surface area (Å²) in [6.07, 6.45) is 3.08. The SMILES string of the molecule is CCCCN(CCO)CC1Cc2cc(F)ccc2O1. The van der Waals surface area contributed by atoms with Crippen molar-refractivity contribution >= 4 is 0 Å². The maximum Gasteiger partial charge on any atom is 0.123 e. The molecule has 1 aliphatic rings. The zero-order valence-corrected chi connectivity index (χ0v) is 11.4. The van der Waals surface area contributed by atoms with Gasteiger partial charge in [-0.1, -0.05) is 13.3 Å². The second-order valence-corrected chi connectivity index (χ2v) is 5.07. The molecule has 0 aromatic heterocycles. The molecule has 3 nitrogen and oxygen atoms in total. The van der Waals surface area contributed by atoms with E-state index >= 15 is 0 Å². The van der Waals surface area contributed by atoms with Crippen LogP contribution in [0.3, 0.4) is 0 Å². The van der Waals surface area contributed by atoms with E-state index in [2.05, 4.69) is 11.8 Å². The van der Waals surface area contributed by atoms with Gasteiger partial charge in [0.15, 0.2) is 0 Å². The fourth-order valence-corrected chi connectivity index (χ4v) is 2.50. The molecule has 2 rings (SSSR count). The van der Waals surface area contributed by atoms with Gasteiger partial charge in [0, 0.05) is 25.1 Å². The number of aliphatic hydroxyl groups excluding tert-OH is 1. The molecule has 0 radical (unpaired) electrons. The molecule has 0 aliphatic carbocycles. The van der Waals surface area contributed by atoms with Gasteiger partial charge in [0.25, 0.3) is 0 Å². The second-order valence-electron chi connectivity index (χ2n) is 5.07. The van der Waals surface area contributed by atoms with E-state index in [0.717, 1.165) is 43.7 Å². The minimum atomic E-state index is -0.207. The molecule has 1 aliphatic heterocycles. The van der Waals surface area contributed by atoms with E-state index in [-0.39, 0.29) is 18.5 Å². The van der Waals surface area contributed by atoms with Crippen molar-refractivity contribution in [3.63, 3.8) is 0 Å². The number of rotatable bonds is 7. The molecule has 19 heavy (non-hydrogen) atoms. The van der Waals surface area contributed by atoms with Crippen molar-refractivity contribution in [3.8, 4) is 5.75 Å². The number of halogens is 1. The van der Waals surface area contributed by atoms with Gasteiger partial charge in [0.05, 0.1) is 6.61 Å². The third-order valence-electron chi connectivity index (χ3n) is 3.47. The van der Waals surface area contributed by atoms with Crippen molar-refractivity contribution < 1.29 is 14.2 Å². The highest BCUT2D eigenvalue weighted by Gasteiger charge is 2.24. The molecule has 0 saturated carbocycles. The van der Waals surface area contributed by atoms with Crippen LogP contribution in [0.25, 0.3) is 0 Å². The number of hydrogen-bond donors (Lipinski definition) is 1. The highest BCUT2D eigenvalue weighted by molar-refractivity contribution is 5.37. The highest BCUT2D eigenvalue weighted by atomic mass is 19.1. The van der Waals surface area contributed by atoms with Gasteiger partial charge >= 0.3 is 0 Å². The summed E-state index contributed by atoms with van der Waals surface area (Å²) in [6.45, 7) is 4.75. The number of benzene rings is 1. The Hall–Kier alpha value is -1.13. The molecule has 1 N–H and O–H groups in total. The number of aliphatic hydroxyl groups is 1. The molecule has 1 atom stereocenters. The van der Waals surface area contributed by atoms with Crippen LogP contribution in [0.4, 0.5) is 4.39 Å². The largest absolute Gasteiger partial charge is 0.488 e. The first-order chi connectivity index (χ1) is 9.22. The summed E-state index contributed by atoms with van der Waals surface area (Å²) < 4.78 is 19.0. The molecule has 106 valence electrons. The van der Waals surface area contributed by atoms with Crippen molar-refractivity contribution in [1.29, 1.82) is 0 Å². The van der Waals surface area contributed by atoms with Gasteiger partial charge in [-0.05, 0) is 31.2 Å². The van der Waals surface area contributed by atoms with Crippen LogP contribution in [0.1, 0.15) is 25.3 Å². The summed E-state index contributed by atoms with van der Waals surface area (Å²) in [6, 6.07) is 4.69. The lowest BCUT2D eigenvalue weighted by Gasteiger charge is -2.24. The van der Waals surface area contributed by atoms with Gasteiger partial charge in [-0.2, -0.15) is 0 Å². The standard InChI is InChI=1S/C15H22FNO2/c1-2-3-6-17(7-8-18)11-14-10-12-9-13(16)4-5-15(12)19-14/h4-5,9,14,18H,2-3,6-8,10-11H2,1H3. The Balaban J connectivity index is 1.90. The van der Waals surface area contributed by atoms with Crippen LogP contribution in [-0.4, -0.2) is 42.4 Å². The monoisotopic (exact) mass is 267 g/mol. The number of fused-ring (bicyclic) bond motifs is 1. The molecule has 0 amide bonds. The van der Waals surface area contributed by atoms with Gasteiger partial charge in [-0.25, -0.2) is 4.39 Å². The molecule has 0 bridgehead atoms. The zero-order valence-electron chi connectivity index (χ0n) is 11.4. The van der Waals surface area contributed by atoms with Crippen LogP contribution in [0.15, 0.2) is 18.2 Å². The van der Waals surface area contributed by atoms with E-state index in [1.54, 1.807) is 12.1 Å². The van der Waals surface area contributed by atoms with Gasteiger partial charge < -0.3 is 9.84 Å². The summed E-state index contributed by atoms with van der Waals surface area (Å²) in [4.78, 5) is 2.22. The quantitative estimate of drug-likeness (QED) is 0.822. The molecular weight excluding hydrogens is 245 g/mol. The van der Waals surface area contributed by atoms with E-state index < -0.39 is 0 Å². The van der Waals surface area contributed by atoms with E-state index in [4.69, 9.17) is 9.84 Å². The Bertz CT molecular complexity index is 411. The summed E-state index contributed by atoms with van der Waals surface area (Å²) in [7, 11) is 0. The Morgan fingerprint density at radius 1 is 1.42 bits per heavy atom. The second kappa shape index (κ2) is 6.87. The van der Waals surface area contributed by atoms with Gasteiger partial charge in [0.2, 0.25) is 0 Å². The summed E-state index contributed by atoms with van der Waals surface area (Å²) in [5.41, 5.74) is 0.949. The van der Waals surface area contributed by atoms with Crippen LogP contribution in [0, 0.1) is 5.82 Å². The smallest absolute Gasteiger partial charge is 0.123 e. The van der Waals surface area contributed by atoms with Crippen molar-refractivity contribution in [1.82, 2.24) is 4.90 Å². The first kappa shape index (κ1) is 14.3. The maximum atomic E-state index is 13.1. The topological polar surface area (TPSA) is 32.7 Å². The predicted molar refractivity (Wildman–Crippen MR) is 73.0 cm³/mol. The summed E-state index contributed by atoms with van der Waals surface area (Å²) in [5, 5.41) is 9.09. The molecule has 1 heterocycles. The van der Waals surface area contributed by atoms with Crippen LogP contribution >= 0.6 is 0 Å². The molecule has 1 aromatic rings. The molecule has 4 heteroatoms. The fourth-order valence-electron chi connectivity index (χ4n) is 2.50. The van der Waals surface area contributed by atoms with Crippen molar-refractivity contribution in [2.24, 2.45) is 0 Å². The number of nitrogens with zero attached hydrogens (tertiary/aromatic N) is 1. The summed E-state index contributed by atoms with van der Waals surface area (Å²) in [5.74, 6) is 0.590. The maximum absolute atomic E-state index is 13.1. The van der Waals surface area contributed by atoms with Crippen molar-refractivity contribution in [2.45, 2.75) is 32.3 Å². The number of unbranched alkanes of at least 4 members (excludes halogenated alkanes) is 1. The number of hydrogen-bond acceptors (Lipinski definition) is 3. The Morgan fingerprint density at radius 2 is 2.26 bits per heavy atom. The third kappa shape index (κ3) is 3.91. The normalized spacial score (nSPS) is 17.6. The third-order valence-corrected chi connectivity index (χ3v) is 3.47. The average Bonchev–Trinajstić information content (AvgIpc) is 2.77. The van der Waals surface area contributed by atoms with Crippen molar-refractivity contribution in [3.05, 3.63) is 29.6 Å². The van der Waals surface area contributed by atoms with Gasteiger partial charge in [-0.15, -0.1) is 0 Å². The van der Waals surface area contributed by atoms with Crippen LogP contribution in [-0.2, 0) is 6.42 Å². The molecule has 0 saturated heterocycles. The van der Waals surface area contributed by atoms with E-state index in [9.17, 15) is 4.39 Å². The van der Waals surface area contributed by atoms with Crippen LogP contribution in [0.2, 0.25) is 0 Å². The van der Waals surface area contributed by atoms with Crippen LogP contribution in [0.5, 0.6) is 5.75 Å². The van der Waals surface area contributed by atoms with E-state index in [1.165, 1.54) is 6.07 Å². The van der Waals surface area contributed by atoms with Crippen molar-refractivity contribution in [2.75, 3.05) is 26.2 Å². The Kier molecular flexibility index (Phi) is 5.16. The zero-order chi connectivity index (χ0) is 13.7.